The van der Waals surface area contributed by atoms with Crippen molar-refractivity contribution in [3.8, 4) is 0 Å². The van der Waals surface area contributed by atoms with Gasteiger partial charge in [0.2, 0.25) is 0 Å². The normalized spacial score (nSPS) is 21.3. The van der Waals surface area contributed by atoms with Gasteiger partial charge >= 0.3 is 0 Å². The van der Waals surface area contributed by atoms with Crippen molar-refractivity contribution in [1.82, 2.24) is 0 Å². The van der Waals surface area contributed by atoms with Gasteiger partial charge in [0.1, 0.15) is 0 Å². The Morgan fingerprint density at radius 2 is 2.00 bits per heavy atom. The minimum Gasteiger partial charge on any atom is -0.388 e. The van der Waals surface area contributed by atoms with Gasteiger partial charge in [0.05, 0.1) is 6.10 Å². The number of rotatable bonds is 0. The summed E-state index contributed by atoms with van der Waals surface area (Å²) in [6, 6.07) is 4.25. The summed E-state index contributed by atoms with van der Waals surface area (Å²) in [6.07, 6.45) is -0.256. The van der Waals surface area contributed by atoms with Gasteiger partial charge in [-0.1, -0.05) is 12.1 Å². The van der Waals surface area contributed by atoms with Crippen molar-refractivity contribution in [1.29, 1.82) is 0 Å². The number of hydrogen-bond acceptors (Lipinski definition) is 2. The Labute approximate surface area is 83.2 Å². The average Bonchev–Trinajstić information content (AvgIpc) is 2.12. The van der Waals surface area contributed by atoms with E-state index in [0.29, 0.717) is 0 Å². The van der Waals surface area contributed by atoms with Crippen LogP contribution >= 0.6 is 11.8 Å². The smallest absolute Gasteiger partial charge is 0.0886 e. The lowest BCUT2D eigenvalue weighted by atomic mass is 9.94. The van der Waals surface area contributed by atoms with E-state index in [2.05, 4.69) is 26.0 Å². The van der Waals surface area contributed by atoms with Crippen LogP contribution in [0.5, 0.6) is 0 Å². The minimum absolute atomic E-state index is 0.256. The van der Waals surface area contributed by atoms with Crippen molar-refractivity contribution in [2.75, 3.05) is 5.75 Å². The Bertz CT molecular complexity index is 333. The second-order valence-corrected chi connectivity index (χ2v) is 4.65. The number of aliphatic hydroxyl groups excluding tert-OH is 1. The van der Waals surface area contributed by atoms with Gasteiger partial charge in [-0.2, -0.15) is 11.8 Å². The molecule has 2 rings (SSSR count). The molecular weight excluding hydrogens is 180 g/mol. The lowest BCUT2D eigenvalue weighted by molar-refractivity contribution is 0.201. The molecule has 1 aliphatic rings. The molecule has 0 saturated heterocycles. The summed E-state index contributed by atoms with van der Waals surface area (Å²) in [7, 11) is 0. The summed E-state index contributed by atoms with van der Waals surface area (Å²) in [5.74, 6) is 1.90. The predicted octanol–water partition coefficient (Wildman–Crippen LogP) is 2.58. The van der Waals surface area contributed by atoms with Crippen molar-refractivity contribution >= 4 is 11.8 Å². The largest absolute Gasteiger partial charge is 0.388 e. The van der Waals surface area contributed by atoms with Crippen LogP contribution in [0.15, 0.2) is 12.1 Å². The van der Waals surface area contributed by atoms with Crippen LogP contribution < -0.4 is 0 Å². The van der Waals surface area contributed by atoms with Crippen molar-refractivity contribution in [2.45, 2.75) is 25.7 Å². The fraction of sp³-hybridized carbons (Fsp3) is 0.455. The third kappa shape index (κ3) is 1.49. The van der Waals surface area contributed by atoms with E-state index in [1.165, 1.54) is 22.3 Å². The molecular formula is C11H14OS. The van der Waals surface area contributed by atoms with E-state index >= 15 is 0 Å². The van der Waals surface area contributed by atoms with Crippen LogP contribution in [-0.4, -0.2) is 10.9 Å². The molecule has 0 radical (unpaired) electrons. The molecule has 0 saturated carbocycles. The summed E-state index contributed by atoms with van der Waals surface area (Å²) in [6.45, 7) is 4.20. The standard InChI is InChI=1S/C11H14OS/c1-7-3-4-8(2)11-9(7)5-13-6-10(11)12/h3-4,10,12H,5-6H2,1-2H3. The lowest BCUT2D eigenvalue weighted by Crippen LogP contribution is -2.12. The van der Waals surface area contributed by atoms with Gasteiger partial charge in [-0.3, -0.25) is 0 Å². The van der Waals surface area contributed by atoms with E-state index in [1.54, 1.807) is 0 Å². The van der Waals surface area contributed by atoms with E-state index in [9.17, 15) is 5.11 Å². The number of aliphatic hydroxyl groups is 1. The first-order valence-corrected chi connectivity index (χ1v) is 5.70. The number of fused-ring (bicyclic) bond motifs is 1. The molecule has 0 fully saturated rings. The summed E-state index contributed by atoms with van der Waals surface area (Å²) >= 11 is 1.82. The summed E-state index contributed by atoms with van der Waals surface area (Å²) in [4.78, 5) is 0. The molecule has 1 nitrogen and oxygen atoms in total. The zero-order valence-corrected chi connectivity index (χ0v) is 8.82. The molecule has 70 valence electrons. The van der Waals surface area contributed by atoms with Crippen LogP contribution in [0.2, 0.25) is 0 Å². The van der Waals surface area contributed by atoms with Gasteiger partial charge in [-0.25, -0.2) is 0 Å². The number of benzene rings is 1. The molecule has 0 spiro atoms. The molecule has 1 N–H and O–H groups in total. The maximum Gasteiger partial charge on any atom is 0.0886 e. The van der Waals surface area contributed by atoms with Crippen molar-refractivity contribution in [2.24, 2.45) is 0 Å². The maximum absolute atomic E-state index is 9.85. The minimum atomic E-state index is -0.256. The van der Waals surface area contributed by atoms with Gasteiger partial charge in [0.15, 0.2) is 0 Å². The zero-order valence-electron chi connectivity index (χ0n) is 8.00. The Morgan fingerprint density at radius 1 is 1.31 bits per heavy atom. The molecule has 0 bridgehead atoms. The summed E-state index contributed by atoms with van der Waals surface area (Å²) in [5.41, 5.74) is 5.07. The van der Waals surface area contributed by atoms with Gasteiger partial charge in [-0.05, 0) is 36.1 Å². The zero-order chi connectivity index (χ0) is 9.42. The van der Waals surface area contributed by atoms with Gasteiger partial charge in [0.25, 0.3) is 0 Å². The number of aryl methyl sites for hydroxylation is 2. The molecule has 13 heavy (non-hydrogen) atoms. The van der Waals surface area contributed by atoms with Crippen LogP contribution in [-0.2, 0) is 5.75 Å². The first-order chi connectivity index (χ1) is 6.20. The van der Waals surface area contributed by atoms with E-state index in [1.807, 2.05) is 11.8 Å². The Hall–Kier alpha value is -0.470. The van der Waals surface area contributed by atoms with E-state index in [0.717, 1.165) is 11.5 Å². The summed E-state index contributed by atoms with van der Waals surface area (Å²) in [5, 5.41) is 9.85. The number of thioether (sulfide) groups is 1. The molecule has 2 heteroatoms. The molecule has 1 aliphatic heterocycles. The van der Waals surface area contributed by atoms with Crippen molar-refractivity contribution < 1.29 is 5.11 Å². The maximum atomic E-state index is 9.85. The average molecular weight is 194 g/mol. The molecule has 1 heterocycles. The van der Waals surface area contributed by atoms with Gasteiger partial charge in [0, 0.05) is 11.5 Å². The molecule has 0 amide bonds. The first-order valence-electron chi connectivity index (χ1n) is 4.55. The van der Waals surface area contributed by atoms with Crippen LogP contribution in [0, 0.1) is 13.8 Å². The van der Waals surface area contributed by atoms with Crippen LogP contribution in [0.1, 0.15) is 28.4 Å². The monoisotopic (exact) mass is 194 g/mol. The second-order valence-electron chi connectivity index (χ2n) is 3.62. The molecule has 1 unspecified atom stereocenters. The first kappa shape index (κ1) is 9.10. The third-order valence-corrected chi connectivity index (χ3v) is 3.71. The lowest BCUT2D eigenvalue weighted by Gasteiger charge is -2.24. The fourth-order valence-electron chi connectivity index (χ4n) is 1.90. The molecule has 0 aliphatic carbocycles. The Kier molecular flexibility index (Phi) is 2.35. The topological polar surface area (TPSA) is 20.2 Å². The highest BCUT2D eigenvalue weighted by atomic mass is 32.2. The van der Waals surface area contributed by atoms with Gasteiger partial charge in [-0.15, -0.1) is 0 Å². The van der Waals surface area contributed by atoms with Crippen LogP contribution in [0.4, 0.5) is 0 Å². The highest BCUT2D eigenvalue weighted by molar-refractivity contribution is 7.98. The number of hydrogen-bond donors (Lipinski definition) is 1. The SMILES string of the molecule is Cc1ccc(C)c2c1CSCC2O. The quantitative estimate of drug-likeness (QED) is 0.685. The van der Waals surface area contributed by atoms with E-state index in [4.69, 9.17) is 0 Å². The highest BCUT2D eigenvalue weighted by Gasteiger charge is 2.21. The third-order valence-electron chi connectivity index (χ3n) is 2.66. The molecule has 1 aromatic carbocycles. The molecule has 1 atom stereocenters. The summed E-state index contributed by atoms with van der Waals surface area (Å²) < 4.78 is 0. The molecule has 1 aromatic rings. The Morgan fingerprint density at radius 3 is 2.69 bits per heavy atom. The van der Waals surface area contributed by atoms with E-state index < -0.39 is 0 Å². The predicted molar refractivity (Wildman–Crippen MR) is 57.0 cm³/mol. The second kappa shape index (κ2) is 3.35. The van der Waals surface area contributed by atoms with E-state index in [-0.39, 0.29) is 6.10 Å². The van der Waals surface area contributed by atoms with Crippen molar-refractivity contribution in [3.63, 3.8) is 0 Å². The van der Waals surface area contributed by atoms with Gasteiger partial charge < -0.3 is 5.11 Å². The van der Waals surface area contributed by atoms with Crippen molar-refractivity contribution in [3.05, 3.63) is 34.4 Å². The molecule has 0 aromatic heterocycles. The Balaban J connectivity index is 2.60. The van der Waals surface area contributed by atoms with Crippen LogP contribution in [0.3, 0.4) is 0 Å². The highest BCUT2D eigenvalue weighted by Crippen LogP contribution is 2.35. The van der Waals surface area contributed by atoms with Crippen LogP contribution in [0.25, 0.3) is 0 Å². The fourth-order valence-corrected chi connectivity index (χ4v) is 3.00.